The average molecular weight is 153 g/mol. The fourth-order valence-electron chi connectivity index (χ4n) is 1.10. The molecule has 56 valence electrons. The minimum Gasteiger partial charge on any atom is -0.205 e. The lowest BCUT2D eigenvalue weighted by Crippen LogP contribution is -1.74. The summed E-state index contributed by atoms with van der Waals surface area (Å²) >= 11 is 0. The summed E-state index contributed by atoms with van der Waals surface area (Å²) in [6.07, 6.45) is 0.824. The van der Waals surface area contributed by atoms with Crippen LogP contribution in [0.25, 0.3) is 10.9 Å². The highest BCUT2D eigenvalue weighted by molar-refractivity contribution is 5.80. The summed E-state index contributed by atoms with van der Waals surface area (Å²) in [4.78, 5) is 0.282. The van der Waals surface area contributed by atoms with Gasteiger partial charge in [-0.2, -0.15) is 4.79 Å². The maximum Gasteiger partial charge on any atom is 0.151 e. The lowest BCUT2D eigenvalue weighted by atomic mass is 10.2. The summed E-state index contributed by atoms with van der Waals surface area (Å²) in [7, 11) is 0. The molecule has 1 heterocycles. The lowest BCUT2D eigenvalue weighted by molar-refractivity contribution is 0.382. The van der Waals surface area contributed by atoms with Gasteiger partial charge in [-0.1, -0.05) is 16.6 Å². The van der Waals surface area contributed by atoms with Crippen molar-refractivity contribution in [3.05, 3.63) is 36.3 Å². The van der Waals surface area contributed by atoms with Gasteiger partial charge in [0.2, 0.25) is 0 Å². The van der Waals surface area contributed by atoms with Gasteiger partial charge in [0.15, 0.2) is 5.82 Å². The Morgan fingerprint density at radius 3 is 2.64 bits per heavy atom. The Bertz CT molecular complexity index is 356. The molecule has 0 unspecified atom stereocenters. The van der Waals surface area contributed by atoms with Crippen molar-refractivity contribution in [1.29, 1.82) is 0 Å². The van der Waals surface area contributed by atoms with Gasteiger partial charge in [-0.25, -0.2) is 4.39 Å². The van der Waals surface area contributed by atoms with Crippen molar-refractivity contribution in [2.75, 3.05) is 0 Å². The van der Waals surface area contributed by atoms with Crippen LogP contribution in [0.15, 0.2) is 30.5 Å². The number of aromatic nitrogens is 1. The normalized spacial score (nSPS) is 10.7. The predicted octanol–water partition coefficient (Wildman–Crippen LogP) is 2.51. The second-order valence-electron chi connectivity index (χ2n) is 2.31. The SMILES string of the molecule is Fc1cn(F)c2ccccc12. The highest BCUT2D eigenvalue weighted by atomic mass is 19.2. The van der Waals surface area contributed by atoms with Gasteiger partial charge in [-0.15, -0.1) is 0 Å². The van der Waals surface area contributed by atoms with Gasteiger partial charge in [-0.3, -0.25) is 0 Å². The van der Waals surface area contributed by atoms with Gasteiger partial charge in [0.05, 0.1) is 11.7 Å². The number of hydrogen-bond acceptors (Lipinski definition) is 0. The van der Waals surface area contributed by atoms with Crippen LogP contribution in [0.2, 0.25) is 0 Å². The molecule has 0 saturated heterocycles. The summed E-state index contributed by atoms with van der Waals surface area (Å²) in [5.74, 6) is -0.525. The molecule has 0 aliphatic carbocycles. The summed E-state index contributed by atoms with van der Waals surface area (Å²) in [6.45, 7) is 0. The zero-order valence-electron chi connectivity index (χ0n) is 5.59. The molecule has 2 rings (SSSR count). The van der Waals surface area contributed by atoms with Crippen molar-refractivity contribution < 1.29 is 8.87 Å². The first-order chi connectivity index (χ1) is 5.29. The molecule has 0 atom stereocenters. The van der Waals surface area contributed by atoms with E-state index < -0.39 is 5.82 Å². The standard InChI is InChI=1S/C8H5F2N/c9-7-5-11(10)8-4-2-1-3-6(7)8/h1-5H. The number of para-hydroxylation sites is 1. The number of benzene rings is 1. The van der Waals surface area contributed by atoms with Crippen LogP contribution in [0.5, 0.6) is 0 Å². The maximum absolute atomic E-state index is 12.7. The predicted molar refractivity (Wildman–Crippen MR) is 38.4 cm³/mol. The molecule has 1 aromatic carbocycles. The first-order valence-electron chi connectivity index (χ1n) is 3.21. The first kappa shape index (κ1) is 6.34. The Morgan fingerprint density at radius 2 is 1.91 bits per heavy atom. The highest BCUT2D eigenvalue weighted by Crippen LogP contribution is 2.18. The van der Waals surface area contributed by atoms with Crippen LogP contribution in [0.3, 0.4) is 0 Å². The van der Waals surface area contributed by atoms with E-state index in [1.54, 1.807) is 18.2 Å². The summed E-state index contributed by atoms with van der Waals surface area (Å²) in [5.41, 5.74) is 0.269. The van der Waals surface area contributed by atoms with Crippen molar-refractivity contribution >= 4 is 10.9 Å². The molecule has 0 N–H and O–H groups in total. The second kappa shape index (κ2) is 2.05. The monoisotopic (exact) mass is 153 g/mol. The minimum atomic E-state index is -0.525. The van der Waals surface area contributed by atoms with Gasteiger partial charge in [0.1, 0.15) is 0 Å². The highest BCUT2D eigenvalue weighted by Gasteiger charge is 2.05. The van der Waals surface area contributed by atoms with Gasteiger partial charge in [-0.05, 0) is 12.1 Å². The zero-order valence-corrected chi connectivity index (χ0v) is 5.59. The molecule has 11 heavy (non-hydrogen) atoms. The topological polar surface area (TPSA) is 4.93 Å². The Hall–Kier alpha value is -1.38. The number of hydrogen-bond donors (Lipinski definition) is 0. The van der Waals surface area contributed by atoms with E-state index in [9.17, 15) is 8.87 Å². The van der Waals surface area contributed by atoms with Gasteiger partial charge in [0, 0.05) is 5.39 Å². The van der Waals surface area contributed by atoms with Gasteiger partial charge >= 0.3 is 0 Å². The van der Waals surface area contributed by atoms with Gasteiger partial charge < -0.3 is 0 Å². The van der Waals surface area contributed by atoms with E-state index in [4.69, 9.17) is 0 Å². The van der Waals surface area contributed by atoms with E-state index in [0.29, 0.717) is 5.39 Å². The smallest absolute Gasteiger partial charge is 0.151 e. The van der Waals surface area contributed by atoms with Crippen molar-refractivity contribution in [3.63, 3.8) is 0 Å². The number of nitrogens with zero attached hydrogens (tertiary/aromatic N) is 1. The van der Waals surface area contributed by atoms with E-state index in [2.05, 4.69) is 0 Å². The summed E-state index contributed by atoms with van der Waals surface area (Å²) in [5, 5.41) is 0.315. The molecule has 0 aliphatic heterocycles. The number of fused-ring (bicyclic) bond motifs is 1. The quantitative estimate of drug-likeness (QED) is 0.548. The minimum absolute atomic E-state index is 0.269. The summed E-state index contributed by atoms with van der Waals surface area (Å²) < 4.78 is 25.4. The second-order valence-corrected chi connectivity index (χ2v) is 2.31. The summed E-state index contributed by atoms with van der Waals surface area (Å²) in [6, 6.07) is 6.41. The molecule has 0 saturated carbocycles. The molecule has 0 aliphatic rings. The van der Waals surface area contributed by atoms with E-state index in [0.717, 1.165) is 6.20 Å². The third kappa shape index (κ3) is 0.808. The fraction of sp³-hybridized carbons (Fsp3) is 0. The van der Waals surface area contributed by atoms with Crippen LogP contribution in [-0.2, 0) is 0 Å². The third-order valence-electron chi connectivity index (χ3n) is 1.62. The van der Waals surface area contributed by atoms with Crippen LogP contribution < -0.4 is 0 Å². The third-order valence-corrected chi connectivity index (χ3v) is 1.62. The molecular weight excluding hydrogens is 148 g/mol. The molecule has 1 aromatic heterocycles. The van der Waals surface area contributed by atoms with Gasteiger partial charge in [0.25, 0.3) is 0 Å². The number of rotatable bonds is 0. The van der Waals surface area contributed by atoms with Crippen LogP contribution in [0.4, 0.5) is 8.87 Å². The maximum atomic E-state index is 12.7. The molecule has 0 bridgehead atoms. The molecule has 0 radical (unpaired) electrons. The first-order valence-corrected chi connectivity index (χ1v) is 3.21. The van der Waals surface area contributed by atoms with Crippen LogP contribution in [0.1, 0.15) is 0 Å². The Morgan fingerprint density at radius 1 is 1.18 bits per heavy atom. The Kier molecular flexibility index (Phi) is 1.18. The zero-order chi connectivity index (χ0) is 7.84. The van der Waals surface area contributed by atoms with Crippen molar-refractivity contribution in [1.82, 2.24) is 4.79 Å². The molecule has 2 aromatic rings. The Balaban J connectivity index is 2.95. The van der Waals surface area contributed by atoms with E-state index in [1.165, 1.54) is 6.07 Å². The average Bonchev–Trinajstić information content (AvgIpc) is 2.30. The van der Waals surface area contributed by atoms with Crippen LogP contribution in [-0.4, -0.2) is 4.79 Å². The van der Waals surface area contributed by atoms with E-state index >= 15 is 0 Å². The molecule has 1 nitrogen and oxygen atoms in total. The lowest BCUT2D eigenvalue weighted by Gasteiger charge is -1.87. The molecule has 0 amide bonds. The molecule has 0 spiro atoms. The van der Waals surface area contributed by atoms with Crippen molar-refractivity contribution in [2.24, 2.45) is 0 Å². The Labute approximate surface area is 61.8 Å². The van der Waals surface area contributed by atoms with Crippen LogP contribution >= 0.6 is 0 Å². The number of halogens is 2. The van der Waals surface area contributed by atoms with Crippen LogP contribution in [0, 0.1) is 5.82 Å². The molecule has 3 heteroatoms. The van der Waals surface area contributed by atoms with E-state index in [1.807, 2.05) is 0 Å². The van der Waals surface area contributed by atoms with E-state index in [-0.39, 0.29) is 10.3 Å². The fourth-order valence-corrected chi connectivity index (χ4v) is 1.10. The largest absolute Gasteiger partial charge is 0.205 e. The van der Waals surface area contributed by atoms with Crippen molar-refractivity contribution in [3.8, 4) is 0 Å². The molecular formula is C8H5F2N. The van der Waals surface area contributed by atoms with Crippen molar-refractivity contribution in [2.45, 2.75) is 0 Å². The molecule has 0 fully saturated rings.